The van der Waals surface area contributed by atoms with E-state index in [-0.39, 0.29) is 5.91 Å². The van der Waals surface area contributed by atoms with E-state index in [0.717, 1.165) is 17.4 Å². The third-order valence-corrected chi connectivity index (χ3v) is 4.25. The molecule has 1 saturated heterocycles. The van der Waals surface area contributed by atoms with Gasteiger partial charge in [0.1, 0.15) is 0 Å². The predicted octanol–water partition coefficient (Wildman–Crippen LogP) is 2.84. The summed E-state index contributed by atoms with van der Waals surface area (Å²) in [6.07, 6.45) is 8.22. The number of likely N-dealkylation sites (tertiary alicyclic amines) is 1. The Bertz CT molecular complexity index is 452. The number of carbonyl (C=O) groups excluding carboxylic acids is 1. The molecule has 0 radical (unpaired) electrons. The first-order chi connectivity index (χ1) is 9.66. The molecule has 1 aromatic rings. The first-order valence-electron chi connectivity index (χ1n) is 7.29. The maximum absolute atomic E-state index is 11.9. The van der Waals surface area contributed by atoms with E-state index in [1.165, 1.54) is 25.8 Å². The molecule has 1 aromatic heterocycles. The number of amides is 1. The van der Waals surface area contributed by atoms with Crippen LogP contribution < -0.4 is 5.32 Å². The highest BCUT2D eigenvalue weighted by atomic mass is 79.9. The van der Waals surface area contributed by atoms with Crippen molar-refractivity contribution in [1.82, 2.24) is 15.2 Å². The number of piperidine rings is 1. The maximum Gasteiger partial charge on any atom is 0.252 e. The topological polar surface area (TPSA) is 45.2 Å². The van der Waals surface area contributed by atoms with Crippen LogP contribution >= 0.6 is 15.9 Å². The van der Waals surface area contributed by atoms with Crippen LogP contribution in [0, 0.1) is 0 Å². The number of rotatable bonds is 5. The SMILES string of the molecule is C[C@H]1CCCCN1CCCNC(=O)c1cncc(Br)c1. The average Bonchev–Trinajstić information content (AvgIpc) is 2.45. The van der Waals surface area contributed by atoms with E-state index in [1.807, 2.05) is 0 Å². The van der Waals surface area contributed by atoms with Crippen molar-refractivity contribution in [2.24, 2.45) is 0 Å². The molecular weight excluding hydrogens is 318 g/mol. The van der Waals surface area contributed by atoms with Crippen molar-refractivity contribution in [2.75, 3.05) is 19.6 Å². The van der Waals surface area contributed by atoms with Crippen LogP contribution in [0.2, 0.25) is 0 Å². The van der Waals surface area contributed by atoms with E-state index >= 15 is 0 Å². The summed E-state index contributed by atoms with van der Waals surface area (Å²) in [6.45, 7) is 5.28. The molecule has 1 aliphatic heterocycles. The largest absolute Gasteiger partial charge is 0.352 e. The zero-order chi connectivity index (χ0) is 14.4. The van der Waals surface area contributed by atoms with Crippen molar-refractivity contribution in [3.63, 3.8) is 0 Å². The Balaban J connectivity index is 1.69. The molecular formula is C15H22BrN3O. The fraction of sp³-hybridized carbons (Fsp3) is 0.600. The minimum atomic E-state index is -0.0505. The quantitative estimate of drug-likeness (QED) is 0.839. The summed E-state index contributed by atoms with van der Waals surface area (Å²) in [7, 11) is 0. The summed E-state index contributed by atoms with van der Waals surface area (Å²) in [6, 6.07) is 2.48. The molecule has 1 aliphatic rings. The van der Waals surface area contributed by atoms with Gasteiger partial charge in [0.2, 0.25) is 0 Å². The van der Waals surface area contributed by atoms with E-state index in [0.29, 0.717) is 18.2 Å². The third kappa shape index (κ3) is 4.56. The van der Waals surface area contributed by atoms with Crippen molar-refractivity contribution < 1.29 is 4.79 Å². The number of nitrogens with one attached hydrogen (secondary N) is 1. The van der Waals surface area contributed by atoms with E-state index in [2.05, 4.69) is 38.1 Å². The van der Waals surface area contributed by atoms with Gasteiger partial charge in [-0.1, -0.05) is 6.42 Å². The monoisotopic (exact) mass is 339 g/mol. The number of pyridine rings is 1. The van der Waals surface area contributed by atoms with Gasteiger partial charge in [-0.3, -0.25) is 9.78 Å². The lowest BCUT2D eigenvalue weighted by Gasteiger charge is -2.33. The Hall–Kier alpha value is -0.940. The highest BCUT2D eigenvalue weighted by molar-refractivity contribution is 9.10. The number of carbonyl (C=O) groups is 1. The predicted molar refractivity (Wildman–Crippen MR) is 83.8 cm³/mol. The second-order valence-corrected chi connectivity index (χ2v) is 6.30. The summed E-state index contributed by atoms with van der Waals surface area (Å²) in [5, 5.41) is 2.95. The molecule has 0 saturated carbocycles. The molecule has 4 nitrogen and oxygen atoms in total. The van der Waals surface area contributed by atoms with Crippen LogP contribution in [0.1, 0.15) is 43.0 Å². The van der Waals surface area contributed by atoms with Gasteiger partial charge in [-0.25, -0.2) is 0 Å². The van der Waals surface area contributed by atoms with Gasteiger partial charge in [0.25, 0.3) is 5.91 Å². The fourth-order valence-electron chi connectivity index (χ4n) is 2.61. The van der Waals surface area contributed by atoms with Crippen LogP contribution in [0.5, 0.6) is 0 Å². The molecule has 0 aromatic carbocycles. The highest BCUT2D eigenvalue weighted by Gasteiger charge is 2.17. The Morgan fingerprint density at radius 2 is 2.35 bits per heavy atom. The van der Waals surface area contributed by atoms with E-state index in [1.54, 1.807) is 18.5 Å². The number of halogens is 1. The van der Waals surface area contributed by atoms with Crippen molar-refractivity contribution in [1.29, 1.82) is 0 Å². The molecule has 110 valence electrons. The Kier molecular flexibility index (Phi) is 5.98. The molecule has 0 aliphatic carbocycles. The van der Waals surface area contributed by atoms with Gasteiger partial charge >= 0.3 is 0 Å². The van der Waals surface area contributed by atoms with Gasteiger partial charge < -0.3 is 10.2 Å². The third-order valence-electron chi connectivity index (χ3n) is 3.82. The lowest BCUT2D eigenvalue weighted by atomic mass is 10.0. The number of hydrogen-bond donors (Lipinski definition) is 1. The Morgan fingerprint density at radius 1 is 1.50 bits per heavy atom. The van der Waals surface area contributed by atoms with E-state index < -0.39 is 0 Å². The Morgan fingerprint density at radius 3 is 3.10 bits per heavy atom. The number of nitrogens with zero attached hydrogens (tertiary/aromatic N) is 2. The van der Waals surface area contributed by atoms with Gasteiger partial charge in [0.05, 0.1) is 5.56 Å². The zero-order valence-electron chi connectivity index (χ0n) is 11.9. The molecule has 1 atom stereocenters. The van der Waals surface area contributed by atoms with Crippen LogP contribution in [0.25, 0.3) is 0 Å². The molecule has 20 heavy (non-hydrogen) atoms. The molecule has 5 heteroatoms. The average molecular weight is 340 g/mol. The number of hydrogen-bond acceptors (Lipinski definition) is 3. The standard InChI is InChI=1S/C15H22BrN3O/c1-12-5-2-3-7-19(12)8-4-6-18-15(20)13-9-14(16)11-17-10-13/h9-12H,2-8H2,1H3,(H,18,20)/t12-/m0/s1. The minimum Gasteiger partial charge on any atom is -0.352 e. The molecule has 0 spiro atoms. The van der Waals surface area contributed by atoms with Crippen LogP contribution in [0.4, 0.5) is 0 Å². The van der Waals surface area contributed by atoms with Crippen LogP contribution in [-0.4, -0.2) is 41.5 Å². The van der Waals surface area contributed by atoms with E-state index in [9.17, 15) is 4.79 Å². The minimum absolute atomic E-state index is 0.0505. The van der Waals surface area contributed by atoms with Gasteiger partial charge in [0.15, 0.2) is 0 Å². The molecule has 2 rings (SSSR count). The molecule has 1 N–H and O–H groups in total. The first kappa shape index (κ1) is 15.4. The van der Waals surface area contributed by atoms with Crippen molar-refractivity contribution in [2.45, 2.75) is 38.6 Å². The second kappa shape index (κ2) is 7.74. The fourth-order valence-corrected chi connectivity index (χ4v) is 2.98. The summed E-state index contributed by atoms with van der Waals surface area (Å²) < 4.78 is 0.826. The van der Waals surface area contributed by atoms with Crippen molar-refractivity contribution >= 4 is 21.8 Å². The summed E-state index contributed by atoms with van der Waals surface area (Å²) >= 11 is 3.32. The first-order valence-corrected chi connectivity index (χ1v) is 8.09. The van der Waals surface area contributed by atoms with Crippen LogP contribution in [0.15, 0.2) is 22.9 Å². The Labute approximate surface area is 129 Å². The number of aromatic nitrogens is 1. The van der Waals surface area contributed by atoms with E-state index in [4.69, 9.17) is 0 Å². The lowest BCUT2D eigenvalue weighted by Crippen LogP contribution is -2.39. The summed E-state index contributed by atoms with van der Waals surface area (Å²) in [5.74, 6) is -0.0505. The van der Waals surface area contributed by atoms with Crippen LogP contribution in [-0.2, 0) is 0 Å². The van der Waals surface area contributed by atoms with Crippen molar-refractivity contribution in [3.05, 3.63) is 28.5 Å². The maximum atomic E-state index is 11.9. The molecule has 0 bridgehead atoms. The highest BCUT2D eigenvalue weighted by Crippen LogP contribution is 2.16. The van der Waals surface area contributed by atoms with Gasteiger partial charge in [-0.05, 0) is 54.7 Å². The zero-order valence-corrected chi connectivity index (χ0v) is 13.5. The molecule has 1 amide bonds. The second-order valence-electron chi connectivity index (χ2n) is 5.38. The van der Waals surface area contributed by atoms with Crippen molar-refractivity contribution in [3.8, 4) is 0 Å². The summed E-state index contributed by atoms with van der Waals surface area (Å²) in [5.41, 5.74) is 0.603. The van der Waals surface area contributed by atoms with Gasteiger partial charge in [-0.2, -0.15) is 0 Å². The van der Waals surface area contributed by atoms with Gasteiger partial charge in [0, 0.05) is 36.0 Å². The van der Waals surface area contributed by atoms with Gasteiger partial charge in [-0.15, -0.1) is 0 Å². The van der Waals surface area contributed by atoms with Crippen LogP contribution in [0.3, 0.4) is 0 Å². The molecule has 1 fully saturated rings. The lowest BCUT2D eigenvalue weighted by molar-refractivity contribution is 0.0948. The molecule has 0 unspecified atom stereocenters. The smallest absolute Gasteiger partial charge is 0.252 e. The normalized spacial score (nSPS) is 19.8. The summed E-state index contributed by atoms with van der Waals surface area (Å²) in [4.78, 5) is 18.5. The molecule has 2 heterocycles.